The van der Waals surface area contributed by atoms with E-state index in [1.807, 2.05) is 18.7 Å². The molecule has 2 aromatic heterocycles. The molecular weight excluding hydrogens is 260 g/mol. The molecule has 0 bridgehead atoms. The topological polar surface area (TPSA) is 55.9 Å². The number of oxazole rings is 1. The van der Waals surface area contributed by atoms with Gasteiger partial charge in [-0.15, -0.1) is 0 Å². The Hall–Kier alpha value is -1.27. The van der Waals surface area contributed by atoms with E-state index in [0.29, 0.717) is 11.1 Å². The van der Waals surface area contributed by atoms with E-state index in [2.05, 4.69) is 29.2 Å². The molecule has 2 rings (SSSR count). The molecule has 1 N–H and O–H groups in total. The van der Waals surface area contributed by atoms with Gasteiger partial charge in [-0.3, -0.25) is 4.68 Å². The van der Waals surface area contributed by atoms with Crippen LogP contribution in [0.15, 0.2) is 27.1 Å². The van der Waals surface area contributed by atoms with E-state index in [1.165, 1.54) is 17.3 Å². The minimum absolute atomic E-state index is 0.639. The van der Waals surface area contributed by atoms with Crippen LogP contribution in [0.2, 0.25) is 0 Å². The van der Waals surface area contributed by atoms with E-state index in [-0.39, 0.29) is 0 Å². The largest absolute Gasteiger partial charge is 0.440 e. The van der Waals surface area contributed by atoms with Crippen LogP contribution in [0.4, 0.5) is 0 Å². The molecule has 5 nitrogen and oxygen atoms in total. The first kappa shape index (κ1) is 14.1. The third-order valence-electron chi connectivity index (χ3n) is 2.74. The lowest BCUT2D eigenvalue weighted by molar-refractivity contribution is 0.453. The van der Waals surface area contributed by atoms with Crippen molar-refractivity contribution in [2.75, 3.05) is 6.54 Å². The van der Waals surface area contributed by atoms with Gasteiger partial charge in [0.15, 0.2) is 0 Å². The maximum Gasteiger partial charge on any atom is 0.261 e. The molecule has 0 radical (unpaired) electrons. The van der Waals surface area contributed by atoms with E-state index in [4.69, 9.17) is 4.42 Å². The number of hydrogen-bond donors (Lipinski definition) is 1. The van der Waals surface area contributed by atoms with Gasteiger partial charge < -0.3 is 9.73 Å². The molecule has 0 atom stereocenters. The molecule has 0 fully saturated rings. The molecule has 0 unspecified atom stereocenters. The van der Waals surface area contributed by atoms with Crippen molar-refractivity contribution in [1.82, 2.24) is 20.1 Å². The van der Waals surface area contributed by atoms with Crippen LogP contribution in [0.1, 0.15) is 25.1 Å². The Morgan fingerprint density at radius 1 is 1.47 bits per heavy atom. The first-order valence-electron chi connectivity index (χ1n) is 6.38. The van der Waals surface area contributed by atoms with Crippen molar-refractivity contribution >= 4 is 11.8 Å². The standard InChI is InChI=1S/C13H20N4OS/c1-9(2)7-14-8-11-10(3)16-17(4)12(11)19-13-15-5-6-18-13/h5-6,9,14H,7-8H2,1-4H3. The van der Waals surface area contributed by atoms with Gasteiger partial charge in [-0.25, -0.2) is 4.98 Å². The zero-order chi connectivity index (χ0) is 13.8. The van der Waals surface area contributed by atoms with Crippen molar-refractivity contribution < 1.29 is 4.42 Å². The molecule has 0 aliphatic heterocycles. The summed E-state index contributed by atoms with van der Waals surface area (Å²) in [7, 11) is 1.95. The summed E-state index contributed by atoms with van der Waals surface area (Å²) in [5, 5.41) is 9.66. The Balaban J connectivity index is 2.12. The van der Waals surface area contributed by atoms with Crippen LogP contribution in [0.5, 0.6) is 0 Å². The Bertz CT molecular complexity index is 519. The number of rotatable bonds is 6. The molecular formula is C13H20N4OS. The molecule has 0 amide bonds. The van der Waals surface area contributed by atoms with Crippen LogP contribution >= 0.6 is 11.8 Å². The van der Waals surface area contributed by atoms with Crippen molar-refractivity contribution in [3.8, 4) is 0 Å². The average Bonchev–Trinajstić information content (AvgIpc) is 2.92. The van der Waals surface area contributed by atoms with Gasteiger partial charge in [0.25, 0.3) is 5.22 Å². The van der Waals surface area contributed by atoms with Crippen LogP contribution < -0.4 is 5.32 Å². The summed E-state index contributed by atoms with van der Waals surface area (Å²) in [5.74, 6) is 0.639. The highest BCUT2D eigenvalue weighted by atomic mass is 32.2. The quantitative estimate of drug-likeness (QED) is 0.881. The van der Waals surface area contributed by atoms with Gasteiger partial charge in [-0.1, -0.05) is 13.8 Å². The first-order valence-corrected chi connectivity index (χ1v) is 7.20. The minimum Gasteiger partial charge on any atom is -0.440 e. The monoisotopic (exact) mass is 280 g/mol. The summed E-state index contributed by atoms with van der Waals surface area (Å²) >= 11 is 1.51. The van der Waals surface area contributed by atoms with Crippen molar-refractivity contribution in [2.24, 2.45) is 13.0 Å². The summed E-state index contributed by atoms with van der Waals surface area (Å²) in [6.07, 6.45) is 3.24. The lowest BCUT2D eigenvalue weighted by atomic mass is 10.2. The Labute approximate surface area is 117 Å². The number of aryl methyl sites for hydroxylation is 2. The molecule has 2 heterocycles. The molecule has 0 aliphatic carbocycles. The second-order valence-corrected chi connectivity index (χ2v) is 5.86. The number of hydrogen-bond acceptors (Lipinski definition) is 5. The zero-order valence-corrected chi connectivity index (χ0v) is 12.6. The lowest BCUT2D eigenvalue weighted by Crippen LogP contribution is -2.19. The molecule has 6 heteroatoms. The smallest absolute Gasteiger partial charge is 0.261 e. The predicted octanol–water partition coefficient (Wildman–Crippen LogP) is 2.61. The molecule has 0 aliphatic rings. The second kappa shape index (κ2) is 6.25. The number of nitrogens with zero attached hydrogens (tertiary/aromatic N) is 3. The number of aromatic nitrogens is 3. The Kier molecular flexibility index (Phi) is 4.66. The first-order chi connectivity index (χ1) is 9.08. The van der Waals surface area contributed by atoms with E-state index < -0.39 is 0 Å². The Morgan fingerprint density at radius 2 is 2.26 bits per heavy atom. The van der Waals surface area contributed by atoms with Crippen LogP contribution in [-0.4, -0.2) is 21.3 Å². The highest BCUT2D eigenvalue weighted by Gasteiger charge is 2.16. The van der Waals surface area contributed by atoms with E-state index in [1.54, 1.807) is 12.5 Å². The molecule has 19 heavy (non-hydrogen) atoms. The third-order valence-corrected chi connectivity index (χ3v) is 3.82. The number of nitrogens with one attached hydrogen (secondary N) is 1. The van der Waals surface area contributed by atoms with Gasteiger partial charge in [-0.05, 0) is 31.1 Å². The molecule has 0 saturated carbocycles. The van der Waals surface area contributed by atoms with Gasteiger partial charge in [0.05, 0.1) is 11.9 Å². The van der Waals surface area contributed by atoms with Gasteiger partial charge in [-0.2, -0.15) is 5.10 Å². The zero-order valence-electron chi connectivity index (χ0n) is 11.8. The fourth-order valence-corrected chi connectivity index (χ4v) is 2.74. The van der Waals surface area contributed by atoms with Crippen molar-refractivity contribution in [2.45, 2.75) is 37.6 Å². The third kappa shape index (κ3) is 3.61. The highest BCUT2D eigenvalue weighted by molar-refractivity contribution is 7.99. The molecule has 0 aromatic carbocycles. The van der Waals surface area contributed by atoms with Gasteiger partial charge in [0.1, 0.15) is 11.3 Å². The van der Waals surface area contributed by atoms with Crippen LogP contribution in [-0.2, 0) is 13.6 Å². The lowest BCUT2D eigenvalue weighted by Gasteiger charge is -2.08. The van der Waals surface area contributed by atoms with Gasteiger partial charge in [0, 0.05) is 19.2 Å². The normalized spacial score (nSPS) is 11.4. The molecule has 0 saturated heterocycles. The Morgan fingerprint density at radius 3 is 2.89 bits per heavy atom. The van der Waals surface area contributed by atoms with E-state index in [9.17, 15) is 0 Å². The van der Waals surface area contributed by atoms with Crippen LogP contribution in [0.25, 0.3) is 0 Å². The fraction of sp³-hybridized carbons (Fsp3) is 0.538. The second-order valence-electron chi connectivity index (χ2n) is 4.92. The van der Waals surface area contributed by atoms with Gasteiger partial charge >= 0.3 is 0 Å². The minimum atomic E-state index is 0.639. The van der Waals surface area contributed by atoms with Crippen molar-refractivity contribution in [1.29, 1.82) is 0 Å². The molecule has 0 spiro atoms. The maximum absolute atomic E-state index is 5.29. The average molecular weight is 280 g/mol. The molecule has 104 valence electrons. The summed E-state index contributed by atoms with van der Waals surface area (Å²) in [5.41, 5.74) is 2.26. The summed E-state index contributed by atoms with van der Waals surface area (Å²) < 4.78 is 7.18. The highest BCUT2D eigenvalue weighted by Crippen LogP contribution is 2.30. The summed E-state index contributed by atoms with van der Waals surface area (Å²) in [6, 6.07) is 0. The van der Waals surface area contributed by atoms with E-state index in [0.717, 1.165) is 23.8 Å². The van der Waals surface area contributed by atoms with Crippen LogP contribution in [0, 0.1) is 12.8 Å². The van der Waals surface area contributed by atoms with Gasteiger partial charge in [0.2, 0.25) is 0 Å². The molecule has 2 aromatic rings. The fourth-order valence-electron chi connectivity index (χ4n) is 1.84. The van der Waals surface area contributed by atoms with E-state index >= 15 is 0 Å². The summed E-state index contributed by atoms with van der Waals surface area (Å²) in [4.78, 5) is 4.15. The predicted molar refractivity (Wildman–Crippen MR) is 75.1 cm³/mol. The maximum atomic E-state index is 5.29. The van der Waals surface area contributed by atoms with Crippen LogP contribution in [0.3, 0.4) is 0 Å². The van der Waals surface area contributed by atoms with Crippen molar-refractivity contribution in [3.05, 3.63) is 23.7 Å². The van der Waals surface area contributed by atoms with Crippen molar-refractivity contribution in [3.63, 3.8) is 0 Å². The summed E-state index contributed by atoms with van der Waals surface area (Å²) in [6.45, 7) is 8.25. The SMILES string of the molecule is Cc1nn(C)c(Sc2ncco2)c1CNCC(C)C.